The number of halogens is 1. The molecule has 174 valence electrons. The van der Waals surface area contributed by atoms with Crippen molar-refractivity contribution in [1.29, 1.82) is 0 Å². The SMILES string of the molecule is O=C(NC1CCC(c2nc3cc(Cl)ccc3o2)CC1)C1CN(Cc2ccccc2)S(=O)(=O)C1. The second-order valence-corrected chi connectivity index (χ2v) is 11.4. The Hall–Kier alpha value is -2.42. The van der Waals surface area contributed by atoms with Gasteiger partial charge in [0.2, 0.25) is 15.9 Å². The quantitative estimate of drug-likeness (QED) is 0.585. The van der Waals surface area contributed by atoms with Crippen LogP contribution in [0, 0.1) is 5.92 Å². The summed E-state index contributed by atoms with van der Waals surface area (Å²) in [5.41, 5.74) is 2.41. The molecule has 2 aromatic carbocycles. The van der Waals surface area contributed by atoms with Crippen molar-refractivity contribution in [3.05, 3.63) is 65.0 Å². The summed E-state index contributed by atoms with van der Waals surface area (Å²) in [4.78, 5) is 17.4. The Labute approximate surface area is 198 Å². The molecular formula is C24H26ClN3O4S. The summed E-state index contributed by atoms with van der Waals surface area (Å²) < 4.78 is 32.5. The lowest BCUT2D eigenvalue weighted by atomic mass is 9.85. The van der Waals surface area contributed by atoms with Gasteiger partial charge in [-0.1, -0.05) is 41.9 Å². The van der Waals surface area contributed by atoms with Crippen molar-refractivity contribution in [2.24, 2.45) is 5.92 Å². The summed E-state index contributed by atoms with van der Waals surface area (Å²) in [6.07, 6.45) is 3.33. The van der Waals surface area contributed by atoms with Crippen LogP contribution < -0.4 is 5.32 Å². The van der Waals surface area contributed by atoms with Gasteiger partial charge >= 0.3 is 0 Å². The highest BCUT2D eigenvalue weighted by Gasteiger charge is 2.40. The summed E-state index contributed by atoms with van der Waals surface area (Å²) in [6, 6.07) is 14.9. The molecule has 7 nitrogen and oxygen atoms in total. The number of hydrogen-bond donors (Lipinski definition) is 1. The summed E-state index contributed by atoms with van der Waals surface area (Å²) in [7, 11) is -3.44. The van der Waals surface area contributed by atoms with Crippen LogP contribution in [0.25, 0.3) is 11.1 Å². The minimum atomic E-state index is -3.44. The van der Waals surface area contributed by atoms with Crippen LogP contribution in [0.15, 0.2) is 52.9 Å². The average molecular weight is 488 g/mol. The standard InChI is InChI=1S/C24H26ClN3O4S/c25-19-8-11-22-21(12-19)27-24(32-22)17-6-9-20(10-7-17)26-23(29)18-14-28(33(30,31)15-18)13-16-4-2-1-3-5-16/h1-5,8,11-12,17-18,20H,6-7,9-10,13-15H2,(H,26,29). The zero-order valence-corrected chi connectivity index (χ0v) is 19.7. The Morgan fingerprint density at radius 1 is 1.12 bits per heavy atom. The second-order valence-electron chi connectivity index (χ2n) is 8.97. The first-order valence-corrected chi connectivity index (χ1v) is 13.2. The van der Waals surface area contributed by atoms with E-state index in [0.717, 1.165) is 48.2 Å². The number of benzene rings is 2. The second kappa shape index (κ2) is 9.08. The molecular weight excluding hydrogens is 462 g/mol. The number of nitrogens with zero attached hydrogens (tertiary/aromatic N) is 2. The molecule has 2 aliphatic rings. The van der Waals surface area contributed by atoms with Gasteiger partial charge in [-0.3, -0.25) is 4.79 Å². The molecule has 2 fully saturated rings. The highest BCUT2D eigenvalue weighted by molar-refractivity contribution is 7.89. The summed E-state index contributed by atoms with van der Waals surface area (Å²) in [6.45, 7) is 0.525. The molecule has 1 saturated carbocycles. The zero-order valence-electron chi connectivity index (χ0n) is 18.1. The van der Waals surface area contributed by atoms with Crippen molar-refractivity contribution in [1.82, 2.24) is 14.6 Å². The fourth-order valence-electron chi connectivity index (χ4n) is 4.78. The van der Waals surface area contributed by atoms with Crippen molar-refractivity contribution in [3.8, 4) is 0 Å². The smallest absolute Gasteiger partial charge is 0.225 e. The van der Waals surface area contributed by atoms with Crippen LogP contribution in [0.5, 0.6) is 0 Å². The number of rotatable bonds is 5. The van der Waals surface area contributed by atoms with Crippen molar-refractivity contribution in [2.75, 3.05) is 12.3 Å². The molecule has 0 spiro atoms. The highest BCUT2D eigenvalue weighted by atomic mass is 35.5. The third-order valence-electron chi connectivity index (χ3n) is 6.59. The number of fused-ring (bicyclic) bond motifs is 1. The highest BCUT2D eigenvalue weighted by Crippen LogP contribution is 2.34. The van der Waals surface area contributed by atoms with Crippen molar-refractivity contribution in [3.63, 3.8) is 0 Å². The number of carbonyl (C=O) groups excluding carboxylic acids is 1. The average Bonchev–Trinajstić information content (AvgIpc) is 3.35. The van der Waals surface area contributed by atoms with Gasteiger partial charge in [-0.05, 0) is 49.4 Å². The van der Waals surface area contributed by atoms with Crippen molar-refractivity contribution < 1.29 is 17.6 Å². The van der Waals surface area contributed by atoms with E-state index in [1.54, 1.807) is 12.1 Å². The fourth-order valence-corrected chi connectivity index (χ4v) is 6.67. The van der Waals surface area contributed by atoms with E-state index >= 15 is 0 Å². The minimum absolute atomic E-state index is 0.0402. The topological polar surface area (TPSA) is 92.5 Å². The first-order valence-electron chi connectivity index (χ1n) is 11.3. The fraction of sp³-hybridized carbons (Fsp3) is 0.417. The van der Waals surface area contributed by atoms with E-state index in [1.165, 1.54) is 4.31 Å². The lowest BCUT2D eigenvalue weighted by molar-refractivity contribution is -0.125. The number of sulfonamides is 1. The maximum absolute atomic E-state index is 12.9. The number of hydrogen-bond acceptors (Lipinski definition) is 5. The number of nitrogens with one attached hydrogen (secondary N) is 1. The molecule has 2 heterocycles. The van der Waals surface area contributed by atoms with E-state index in [0.29, 0.717) is 11.6 Å². The minimum Gasteiger partial charge on any atom is -0.440 e. The van der Waals surface area contributed by atoms with Crippen LogP contribution in [0.3, 0.4) is 0 Å². The summed E-state index contributed by atoms with van der Waals surface area (Å²) >= 11 is 6.04. The maximum Gasteiger partial charge on any atom is 0.225 e. The Balaban J connectivity index is 1.16. The van der Waals surface area contributed by atoms with Gasteiger partial charge in [-0.15, -0.1) is 0 Å². The van der Waals surface area contributed by atoms with Crippen LogP contribution in [0.4, 0.5) is 0 Å². The molecule has 9 heteroatoms. The predicted octanol–water partition coefficient (Wildman–Crippen LogP) is 4.09. The van der Waals surface area contributed by atoms with Crippen LogP contribution >= 0.6 is 11.6 Å². The molecule has 1 aromatic heterocycles. The van der Waals surface area contributed by atoms with E-state index in [2.05, 4.69) is 10.3 Å². The number of carbonyl (C=O) groups is 1. The van der Waals surface area contributed by atoms with Crippen LogP contribution in [-0.2, 0) is 21.4 Å². The number of aromatic nitrogens is 1. The number of amides is 1. The van der Waals surface area contributed by atoms with Crippen LogP contribution in [-0.4, -0.2) is 42.0 Å². The largest absolute Gasteiger partial charge is 0.440 e. The molecule has 1 N–H and O–H groups in total. The Morgan fingerprint density at radius 2 is 1.88 bits per heavy atom. The third kappa shape index (κ3) is 4.93. The Kier molecular flexibility index (Phi) is 6.16. The Bertz CT molecular complexity index is 1250. The van der Waals surface area contributed by atoms with Crippen molar-refractivity contribution >= 4 is 38.6 Å². The number of oxazole rings is 1. The first-order chi connectivity index (χ1) is 15.9. The first kappa shape index (κ1) is 22.4. The normalized spacial score (nSPS) is 25.3. The molecule has 5 rings (SSSR count). The molecule has 1 saturated heterocycles. The van der Waals surface area contributed by atoms with Gasteiger partial charge in [0.15, 0.2) is 11.5 Å². The van der Waals surface area contributed by atoms with Crippen molar-refractivity contribution in [2.45, 2.75) is 44.2 Å². The van der Waals surface area contributed by atoms with Crippen LogP contribution in [0.1, 0.15) is 43.1 Å². The molecule has 1 atom stereocenters. The molecule has 3 aromatic rings. The monoisotopic (exact) mass is 487 g/mol. The molecule has 1 aliphatic heterocycles. The molecule has 0 radical (unpaired) electrons. The van der Waals surface area contributed by atoms with E-state index in [1.807, 2.05) is 36.4 Å². The summed E-state index contributed by atoms with van der Waals surface area (Å²) in [5, 5.41) is 3.72. The van der Waals surface area contributed by atoms with E-state index < -0.39 is 15.9 Å². The zero-order chi connectivity index (χ0) is 23.0. The van der Waals surface area contributed by atoms with Crippen LogP contribution in [0.2, 0.25) is 5.02 Å². The molecule has 1 unspecified atom stereocenters. The van der Waals surface area contributed by atoms with Gasteiger partial charge in [0.25, 0.3) is 0 Å². The van der Waals surface area contributed by atoms with Gasteiger partial charge in [0, 0.05) is 30.1 Å². The van der Waals surface area contributed by atoms with Gasteiger partial charge in [-0.25, -0.2) is 13.4 Å². The Morgan fingerprint density at radius 3 is 2.64 bits per heavy atom. The van der Waals surface area contributed by atoms with Gasteiger partial charge in [0.1, 0.15) is 5.52 Å². The molecule has 0 bridgehead atoms. The maximum atomic E-state index is 12.9. The predicted molar refractivity (Wildman–Crippen MR) is 126 cm³/mol. The van der Waals surface area contributed by atoms with E-state index in [4.69, 9.17) is 16.0 Å². The lowest BCUT2D eigenvalue weighted by Crippen LogP contribution is -2.42. The van der Waals surface area contributed by atoms with E-state index in [9.17, 15) is 13.2 Å². The summed E-state index contributed by atoms with van der Waals surface area (Å²) in [5.74, 6) is 0.0762. The van der Waals surface area contributed by atoms with Gasteiger partial charge in [0.05, 0.1) is 11.7 Å². The van der Waals surface area contributed by atoms with Gasteiger partial charge < -0.3 is 9.73 Å². The third-order valence-corrected chi connectivity index (χ3v) is 8.71. The van der Waals surface area contributed by atoms with E-state index in [-0.39, 0.29) is 30.2 Å². The molecule has 1 amide bonds. The molecule has 33 heavy (non-hydrogen) atoms. The lowest BCUT2D eigenvalue weighted by Gasteiger charge is -2.28. The molecule has 1 aliphatic carbocycles. The van der Waals surface area contributed by atoms with Gasteiger partial charge in [-0.2, -0.15) is 4.31 Å².